The fourth-order valence-electron chi connectivity index (χ4n) is 3.35. The topological polar surface area (TPSA) is 90.0 Å². The summed E-state index contributed by atoms with van der Waals surface area (Å²) in [5, 5.41) is 7.05. The van der Waals surface area contributed by atoms with Crippen LogP contribution in [0.2, 0.25) is 0 Å². The van der Waals surface area contributed by atoms with E-state index in [4.69, 9.17) is 4.52 Å². The average molecular weight is 364 g/mol. The molecule has 1 atom stereocenters. The van der Waals surface area contributed by atoms with Crippen LogP contribution in [0.15, 0.2) is 45.8 Å². The monoisotopic (exact) mass is 364 g/mol. The number of nitrogens with one attached hydrogen (secondary N) is 1. The normalized spacial score (nSPS) is 15.6. The molecule has 1 aliphatic rings. The van der Waals surface area contributed by atoms with Gasteiger partial charge in [0.15, 0.2) is 0 Å². The molecule has 3 aromatic rings. The van der Waals surface area contributed by atoms with Crippen LogP contribution in [-0.4, -0.2) is 20.6 Å². The highest BCUT2D eigenvalue weighted by Gasteiger charge is 2.25. The molecule has 1 unspecified atom stereocenters. The average Bonchev–Trinajstić information content (AvgIpc) is 3.30. The summed E-state index contributed by atoms with van der Waals surface area (Å²) in [5.41, 5.74) is 3.35. The highest BCUT2D eigenvalue weighted by atomic mass is 16.5. The minimum Gasteiger partial charge on any atom is -0.345 e. The summed E-state index contributed by atoms with van der Waals surface area (Å²) < 4.78 is 6.62. The summed E-state index contributed by atoms with van der Waals surface area (Å²) in [5.74, 6) is 0.965. The number of hydrogen-bond donors (Lipinski definition) is 1. The van der Waals surface area contributed by atoms with Gasteiger partial charge in [-0.25, -0.2) is 0 Å². The zero-order chi connectivity index (χ0) is 19.0. The lowest BCUT2D eigenvalue weighted by Gasteiger charge is -2.14. The molecule has 0 fully saturated rings. The third-order valence-corrected chi connectivity index (χ3v) is 4.92. The zero-order valence-corrected chi connectivity index (χ0v) is 15.2. The third-order valence-electron chi connectivity index (χ3n) is 4.92. The van der Waals surface area contributed by atoms with Crippen molar-refractivity contribution >= 4 is 5.91 Å². The van der Waals surface area contributed by atoms with Crippen molar-refractivity contribution in [2.45, 2.75) is 32.2 Å². The van der Waals surface area contributed by atoms with Gasteiger partial charge in [0.2, 0.25) is 11.7 Å². The summed E-state index contributed by atoms with van der Waals surface area (Å²) in [6, 6.07) is 8.96. The number of aromatic nitrogens is 3. The molecule has 7 heteroatoms. The lowest BCUT2D eigenvalue weighted by molar-refractivity contribution is 0.0936. The molecule has 27 heavy (non-hydrogen) atoms. The van der Waals surface area contributed by atoms with Crippen molar-refractivity contribution in [2.24, 2.45) is 7.05 Å². The zero-order valence-electron chi connectivity index (χ0n) is 15.2. The number of pyridine rings is 1. The molecule has 1 N–H and O–H groups in total. The molecule has 1 amide bonds. The molecule has 4 rings (SSSR count). The molecule has 0 spiro atoms. The molecule has 7 nitrogen and oxygen atoms in total. The molecule has 0 bridgehead atoms. The lowest BCUT2D eigenvalue weighted by atomic mass is 10.0. The van der Waals surface area contributed by atoms with E-state index in [0.717, 1.165) is 24.0 Å². The van der Waals surface area contributed by atoms with Crippen molar-refractivity contribution in [1.29, 1.82) is 0 Å². The van der Waals surface area contributed by atoms with E-state index >= 15 is 0 Å². The Hall–Kier alpha value is -3.22. The molecule has 0 saturated heterocycles. The fraction of sp³-hybridized carbons (Fsp3) is 0.300. The van der Waals surface area contributed by atoms with E-state index in [2.05, 4.69) is 21.5 Å². The van der Waals surface area contributed by atoms with Gasteiger partial charge in [0.05, 0.1) is 6.04 Å². The first-order chi connectivity index (χ1) is 13.0. The lowest BCUT2D eigenvalue weighted by Crippen LogP contribution is -2.28. The van der Waals surface area contributed by atoms with E-state index < -0.39 is 0 Å². The predicted octanol–water partition coefficient (Wildman–Crippen LogP) is 2.42. The van der Waals surface area contributed by atoms with Gasteiger partial charge in [-0.1, -0.05) is 24.2 Å². The van der Waals surface area contributed by atoms with Crippen molar-refractivity contribution in [1.82, 2.24) is 20.0 Å². The van der Waals surface area contributed by atoms with E-state index in [9.17, 15) is 9.59 Å². The molecule has 0 saturated carbocycles. The second-order valence-electron chi connectivity index (χ2n) is 6.71. The van der Waals surface area contributed by atoms with Crippen LogP contribution in [0.3, 0.4) is 0 Å². The highest BCUT2D eigenvalue weighted by Crippen LogP contribution is 2.33. The van der Waals surface area contributed by atoms with Gasteiger partial charge in [-0.2, -0.15) is 4.98 Å². The molecule has 2 heterocycles. The van der Waals surface area contributed by atoms with Gasteiger partial charge >= 0.3 is 0 Å². The SMILES string of the molecule is CCc1nc(-c2ccc3c(c2)CCC3NC(=O)c2ccn(C)c(=O)c2)no1. The second kappa shape index (κ2) is 6.83. The molecular weight excluding hydrogens is 344 g/mol. The molecular formula is C20H20N4O3. The van der Waals surface area contributed by atoms with E-state index in [0.29, 0.717) is 23.7 Å². The first kappa shape index (κ1) is 17.2. The molecule has 1 aromatic carbocycles. The Kier molecular flexibility index (Phi) is 4.35. The van der Waals surface area contributed by atoms with Crippen molar-refractivity contribution in [3.63, 3.8) is 0 Å². The van der Waals surface area contributed by atoms with Crippen LogP contribution < -0.4 is 10.9 Å². The van der Waals surface area contributed by atoms with Crippen LogP contribution in [0.4, 0.5) is 0 Å². The minimum absolute atomic E-state index is 0.0675. The Morgan fingerprint density at radius 3 is 2.93 bits per heavy atom. The summed E-state index contributed by atoms with van der Waals surface area (Å²) in [6.07, 6.45) is 3.99. The summed E-state index contributed by atoms with van der Waals surface area (Å²) >= 11 is 0. The quantitative estimate of drug-likeness (QED) is 0.768. The molecule has 1 aliphatic carbocycles. The number of nitrogens with zero attached hydrogens (tertiary/aromatic N) is 3. The predicted molar refractivity (Wildman–Crippen MR) is 99.3 cm³/mol. The Labute approximate surface area is 156 Å². The van der Waals surface area contributed by atoms with Crippen LogP contribution >= 0.6 is 0 Å². The molecule has 2 aromatic heterocycles. The van der Waals surface area contributed by atoms with E-state index in [1.807, 2.05) is 19.1 Å². The third kappa shape index (κ3) is 3.28. The maximum atomic E-state index is 12.5. The smallest absolute Gasteiger partial charge is 0.252 e. The maximum absolute atomic E-state index is 12.5. The van der Waals surface area contributed by atoms with Crippen LogP contribution in [0.5, 0.6) is 0 Å². The fourth-order valence-corrected chi connectivity index (χ4v) is 3.35. The highest BCUT2D eigenvalue weighted by molar-refractivity contribution is 5.94. The van der Waals surface area contributed by atoms with Gasteiger partial charge in [-0.05, 0) is 36.1 Å². The molecule has 0 aliphatic heterocycles. The summed E-state index contributed by atoms with van der Waals surface area (Å²) in [4.78, 5) is 28.6. The largest absolute Gasteiger partial charge is 0.345 e. The van der Waals surface area contributed by atoms with Crippen molar-refractivity contribution in [3.8, 4) is 11.4 Å². The molecule has 0 radical (unpaired) electrons. The maximum Gasteiger partial charge on any atom is 0.252 e. The van der Waals surface area contributed by atoms with Crippen LogP contribution in [0, 0.1) is 0 Å². The number of carbonyl (C=O) groups is 1. The first-order valence-electron chi connectivity index (χ1n) is 8.98. The standard InChI is InChI=1S/C20H20N4O3/c1-3-17-22-19(23-27-17)13-4-6-15-12(10-13)5-7-16(15)21-20(26)14-8-9-24(2)18(25)11-14/h4,6,8-11,16H,3,5,7H2,1-2H3,(H,21,26). The van der Waals surface area contributed by atoms with Crippen molar-refractivity contribution in [2.75, 3.05) is 0 Å². The second-order valence-corrected chi connectivity index (χ2v) is 6.71. The Bertz CT molecular complexity index is 1070. The van der Waals surface area contributed by atoms with Gasteiger partial charge in [0.25, 0.3) is 11.5 Å². The number of aryl methyl sites for hydroxylation is 3. The first-order valence-corrected chi connectivity index (χ1v) is 8.98. The van der Waals surface area contributed by atoms with Gasteiger partial charge in [0.1, 0.15) is 0 Å². The van der Waals surface area contributed by atoms with Crippen LogP contribution in [-0.2, 0) is 19.9 Å². The van der Waals surface area contributed by atoms with Crippen molar-refractivity contribution in [3.05, 3.63) is 69.5 Å². The number of amides is 1. The van der Waals surface area contributed by atoms with Crippen molar-refractivity contribution < 1.29 is 9.32 Å². The Morgan fingerprint density at radius 2 is 2.19 bits per heavy atom. The van der Waals surface area contributed by atoms with Gasteiger partial charge in [-0.15, -0.1) is 0 Å². The number of rotatable bonds is 4. The van der Waals surface area contributed by atoms with E-state index in [-0.39, 0.29) is 17.5 Å². The number of fused-ring (bicyclic) bond motifs is 1. The van der Waals surface area contributed by atoms with Crippen LogP contribution in [0.25, 0.3) is 11.4 Å². The van der Waals surface area contributed by atoms with E-state index in [1.54, 1.807) is 19.3 Å². The van der Waals surface area contributed by atoms with Gasteiger partial charge in [-0.3, -0.25) is 9.59 Å². The number of benzene rings is 1. The number of carbonyl (C=O) groups excluding carboxylic acids is 1. The van der Waals surface area contributed by atoms with Crippen LogP contribution in [0.1, 0.15) is 46.8 Å². The number of hydrogen-bond acceptors (Lipinski definition) is 5. The summed E-state index contributed by atoms with van der Waals surface area (Å²) in [6.45, 7) is 1.97. The van der Waals surface area contributed by atoms with Gasteiger partial charge < -0.3 is 14.4 Å². The Balaban J connectivity index is 1.54. The Morgan fingerprint density at radius 1 is 1.33 bits per heavy atom. The molecule has 138 valence electrons. The summed E-state index contributed by atoms with van der Waals surface area (Å²) in [7, 11) is 1.65. The minimum atomic E-state index is -0.236. The van der Waals surface area contributed by atoms with E-state index in [1.165, 1.54) is 16.2 Å². The van der Waals surface area contributed by atoms with Gasteiger partial charge in [0, 0.05) is 36.9 Å².